The Morgan fingerprint density at radius 3 is 2.33 bits per heavy atom. The Morgan fingerprint density at radius 2 is 1.77 bits per heavy atom. The maximum atomic E-state index is 14.2. The number of hydrogen-bond donors (Lipinski definition) is 1. The van der Waals surface area contributed by atoms with Crippen LogP contribution in [-0.4, -0.2) is 28.3 Å². The Morgan fingerprint density at radius 1 is 1.10 bits per heavy atom. The van der Waals surface area contributed by atoms with Crippen molar-refractivity contribution in [2.24, 2.45) is 0 Å². The first-order chi connectivity index (χ1) is 13.9. The molecule has 1 N–H and O–H groups in total. The molecule has 0 aromatic heterocycles. The summed E-state index contributed by atoms with van der Waals surface area (Å²) in [5.74, 6) is -1.36. The minimum Gasteiger partial charge on any atom is -0.350 e. The summed E-state index contributed by atoms with van der Waals surface area (Å²) >= 11 is 18.3. The number of carbonyl (C=O) groups is 2. The molecule has 0 radical (unpaired) electrons. The molecule has 0 saturated heterocycles. The highest BCUT2D eigenvalue weighted by molar-refractivity contribution is 6.35. The molecule has 0 heterocycles. The monoisotopic (exact) mass is 472 g/mol. The lowest BCUT2D eigenvalue weighted by Gasteiger charge is -2.32. The molecule has 4 nitrogen and oxygen atoms in total. The number of rotatable bonds is 6. The minimum atomic E-state index is -0.825. The number of amides is 2. The molecule has 2 aromatic carbocycles. The molecular weight excluding hydrogens is 450 g/mol. The van der Waals surface area contributed by atoms with Gasteiger partial charge in [0.05, 0.1) is 6.42 Å². The van der Waals surface area contributed by atoms with Crippen molar-refractivity contribution in [2.45, 2.75) is 52.2 Å². The maximum absolute atomic E-state index is 14.2. The van der Waals surface area contributed by atoms with Gasteiger partial charge in [0.2, 0.25) is 11.8 Å². The van der Waals surface area contributed by atoms with Crippen LogP contribution in [0.3, 0.4) is 0 Å². The van der Waals surface area contributed by atoms with Gasteiger partial charge in [0, 0.05) is 32.7 Å². The summed E-state index contributed by atoms with van der Waals surface area (Å²) in [4.78, 5) is 27.3. The van der Waals surface area contributed by atoms with Crippen molar-refractivity contribution in [3.8, 4) is 0 Å². The predicted octanol–water partition coefficient (Wildman–Crippen LogP) is 5.66. The van der Waals surface area contributed by atoms with E-state index in [4.69, 9.17) is 34.8 Å². The van der Waals surface area contributed by atoms with Gasteiger partial charge in [-0.3, -0.25) is 9.59 Å². The standard InChI is InChI=1S/C22H24Cl3FN2O2/c1-13(21(30)27-22(2,3)4)28(12-14-8-9-15(23)10-18(14)25)20(29)11-16-17(24)6-5-7-19(16)26/h5-10,13H,11-12H2,1-4H3,(H,27,30). The van der Waals surface area contributed by atoms with Gasteiger partial charge in [-0.2, -0.15) is 0 Å². The van der Waals surface area contributed by atoms with Crippen molar-refractivity contribution in [2.75, 3.05) is 0 Å². The zero-order valence-electron chi connectivity index (χ0n) is 17.2. The minimum absolute atomic E-state index is 0.0552. The van der Waals surface area contributed by atoms with Gasteiger partial charge >= 0.3 is 0 Å². The van der Waals surface area contributed by atoms with Gasteiger partial charge < -0.3 is 10.2 Å². The quantitative estimate of drug-likeness (QED) is 0.588. The van der Waals surface area contributed by atoms with Crippen LogP contribution in [0, 0.1) is 5.82 Å². The van der Waals surface area contributed by atoms with Crippen molar-refractivity contribution in [3.05, 3.63) is 68.4 Å². The summed E-state index contributed by atoms with van der Waals surface area (Å²) < 4.78 is 14.2. The Balaban J connectivity index is 2.36. The molecule has 2 aromatic rings. The Bertz CT molecular complexity index is 924. The van der Waals surface area contributed by atoms with Crippen LogP contribution in [0.15, 0.2) is 36.4 Å². The van der Waals surface area contributed by atoms with Gasteiger partial charge in [0.25, 0.3) is 0 Å². The van der Waals surface area contributed by atoms with Gasteiger partial charge in [0.1, 0.15) is 11.9 Å². The molecule has 1 unspecified atom stereocenters. The van der Waals surface area contributed by atoms with Gasteiger partial charge in [-0.25, -0.2) is 4.39 Å². The highest BCUT2D eigenvalue weighted by atomic mass is 35.5. The van der Waals surface area contributed by atoms with Gasteiger partial charge in [-0.05, 0) is 57.5 Å². The van der Waals surface area contributed by atoms with Gasteiger partial charge in [-0.1, -0.05) is 46.9 Å². The average Bonchev–Trinajstić information content (AvgIpc) is 2.62. The second-order valence-electron chi connectivity index (χ2n) is 8.05. The summed E-state index contributed by atoms with van der Waals surface area (Å²) in [6.45, 7) is 7.21. The van der Waals surface area contributed by atoms with Crippen LogP contribution in [0.25, 0.3) is 0 Å². The molecule has 2 amide bonds. The fourth-order valence-electron chi connectivity index (χ4n) is 2.84. The van der Waals surface area contributed by atoms with Crippen molar-refractivity contribution >= 4 is 46.6 Å². The van der Waals surface area contributed by atoms with Crippen LogP contribution in [0.4, 0.5) is 4.39 Å². The third kappa shape index (κ3) is 6.59. The van der Waals surface area contributed by atoms with Crippen molar-refractivity contribution in [1.82, 2.24) is 10.2 Å². The van der Waals surface area contributed by atoms with Gasteiger partial charge in [0.15, 0.2) is 0 Å². The maximum Gasteiger partial charge on any atom is 0.242 e. The first-order valence-electron chi connectivity index (χ1n) is 9.37. The number of carbonyl (C=O) groups excluding carboxylic acids is 2. The molecule has 1 atom stereocenters. The first kappa shape index (κ1) is 24.4. The second kappa shape index (κ2) is 9.99. The lowest BCUT2D eigenvalue weighted by Crippen LogP contribution is -2.52. The van der Waals surface area contributed by atoms with E-state index >= 15 is 0 Å². The molecule has 2 rings (SSSR count). The summed E-state index contributed by atoms with van der Waals surface area (Å²) in [7, 11) is 0. The van der Waals surface area contributed by atoms with E-state index in [9.17, 15) is 14.0 Å². The van der Waals surface area contributed by atoms with E-state index in [0.29, 0.717) is 15.6 Å². The highest BCUT2D eigenvalue weighted by Gasteiger charge is 2.29. The fraction of sp³-hybridized carbons (Fsp3) is 0.364. The van der Waals surface area contributed by atoms with Crippen molar-refractivity contribution in [1.29, 1.82) is 0 Å². The second-order valence-corrected chi connectivity index (χ2v) is 9.30. The van der Waals surface area contributed by atoms with Crippen LogP contribution >= 0.6 is 34.8 Å². The molecule has 0 saturated carbocycles. The van der Waals surface area contributed by atoms with Crippen molar-refractivity contribution in [3.63, 3.8) is 0 Å². The van der Waals surface area contributed by atoms with E-state index in [-0.39, 0.29) is 29.5 Å². The molecule has 30 heavy (non-hydrogen) atoms. The fourth-order valence-corrected chi connectivity index (χ4v) is 3.54. The number of hydrogen-bond acceptors (Lipinski definition) is 2. The smallest absolute Gasteiger partial charge is 0.242 e. The van der Waals surface area contributed by atoms with E-state index < -0.39 is 23.3 Å². The van der Waals surface area contributed by atoms with Crippen molar-refractivity contribution < 1.29 is 14.0 Å². The normalized spacial score (nSPS) is 12.4. The zero-order valence-corrected chi connectivity index (χ0v) is 19.5. The topological polar surface area (TPSA) is 49.4 Å². The summed E-state index contributed by atoms with van der Waals surface area (Å²) in [6, 6.07) is 8.31. The van der Waals surface area contributed by atoms with Crippen LogP contribution in [0.1, 0.15) is 38.8 Å². The average molecular weight is 474 g/mol. The molecule has 0 aliphatic carbocycles. The summed E-state index contributed by atoms with van der Waals surface area (Å²) in [6.07, 6.45) is -0.288. The largest absolute Gasteiger partial charge is 0.350 e. The third-order valence-electron chi connectivity index (χ3n) is 4.41. The molecule has 0 aliphatic rings. The van der Waals surface area contributed by atoms with E-state index in [1.807, 2.05) is 20.8 Å². The molecule has 162 valence electrons. The summed E-state index contributed by atoms with van der Waals surface area (Å²) in [5.41, 5.74) is 0.219. The summed E-state index contributed by atoms with van der Waals surface area (Å²) in [5, 5.41) is 3.84. The van der Waals surface area contributed by atoms with E-state index in [1.54, 1.807) is 25.1 Å². The molecule has 8 heteroatoms. The van der Waals surface area contributed by atoms with Crippen LogP contribution in [0.2, 0.25) is 15.1 Å². The molecule has 0 fully saturated rings. The zero-order chi connectivity index (χ0) is 22.6. The highest BCUT2D eigenvalue weighted by Crippen LogP contribution is 2.25. The number of benzene rings is 2. The Kier molecular flexibility index (Phi) is 8.14. The number of nitrogens with one attached hydrogen (secondary N) is 1. The lowest BCUT2D eigenvalue weighted by molar-refractivity contribution is -0.140. The number of nitrogens with zero attached hydrogens (tertiary/aromatic N) is 1. The lowest BCUT2D eigenvalue weighted by atomic mass is 10.1. The molecule has 0 aliphatic heterocycles. The van der Waals surface area contributed by atoms with Crippen LogP contribution in [-0.2, 0) is 22.6 Å². The third-order valence-corrected chi connectivity index (χ3v) is 5.35. The molecule has 0 bridgehead atoms. The first-order valence-corrected chi connectivity index (χ1v) is 10.5. The van der Waals surface area contributed by atoms with Crippen LogP contribution in [0.5, 0.6) is 0 Å². The SMILES string of the molecule is CC(C(=O)NC(C)(C)C)N(Cc1ccc(Cl)cc1Cl)C(=O)Cc1c(F)cccc1Cl. The Labute approximate surface area is 191 Å². The van der Waals surface area contributed by atoms with Crippen LogP contribution < -0.4 is 5.32 Å². The predicted molar refractivity (Wildman–Crippen MR) is 119 cm³/mol. The molecular formula is C22H24Cl3FN2O2. The van der Waals surface area contributed by atoms with E-state index in [2.05, 4.69) is 5.32 Å². The van der Waals surface area contributed by atoms with E-state index in [1.165, 1.54) is 23.1 Å². The number of halogens is 4. The Hall–Kier alpha value is -1.82. The molecule has 0 spiro atoms. The van der Waals surface area contributed by atoms with E-state index in [0.717, 1.165) is 0 Å². The van der Waals surface area contributed by atoms with Gasteiger partial charge in [-0.15, -0.1) is 0 Å².